The molecule has 0 heterocycles. The maximum absolute atomic E-state index is 11.3. The third-order valence-electron chi connectivity index (χ3n) is 1.91. The number of rotatable bonds is 4. The van der Waals surface area contributed by atoms with Gasteiger partial charge in [-0.15, -0.1) is 0 Å². The van der Waals surface area contributed by atoms with Crippen LogP contribution in [0.4, 0.5) is 5.69 Å². The summed E-state index contributed by atoms with van der Waals surface area (Å²) in [6.45, 7) is 3.57. The van der Waals surface area contributed by atoms with Crippen LogP contribution in [0.25, 0.3) is 0 Å². The zero-order valence-electron chi connectivity index (χ0n) is 9.76. The lowest BCUT2D eigenvalue weighted by Crippen LogP contribution is -2.15. The molecule has 0 saturated carbocycles. The first-order valence-corrected chi connectivity index (χ1v) is 6.62. The molecule has 0 aromatic heterocycles. The van der Waals surface area contributed by atoms with Crippen LogP contribution in [0.1, 0.15) is 13.8 Å². The van der Waals surface area contributed by atoms with Crippen LogP contribution in [0.2, 0.25) is 10.0 Å². The summed E-state index contributed by atoms with van der Waals surface area (Å²) in [5.74, 6) is -0.484. The Morgan fingerprint density at radius 2 is 2.17 bits per heavy atom. The van der Waals surface area contributed by atoms with Gasteiger partial charge in [0, 0.05) is 4.47 Å². The molecule has 0 unspecified atom stereocenters. The minimum atomic E-state index is -0.484. The van der Waals surface area contributed by atoms with E-state index in [9.17, 15) is 4.79 Å². The van der Waals surface area contributed by atoms with Crippen molar-refractivity contribution in [3.8, 4) is 0 Å². The summed E-state index contributed by atoms with van der Waals surface area (Å²) in [5.41, 5.74) is 3.37. The van der Waals surface area contributed by atoms with Gasteiger partial charge in [-0.3, -0.25) is 5.43 Å². The van der Waals surface area contributed by atoms with E-state index in [4.69, 9.17) is 27.9 Å². The number of anilines is 1. The van der Waals surface area contributed by atoms with Crippen molar-refractivity contribution in [3.05, 3.63) is 26.7 Å². The van der Waals surface area contributed by atoms with Gasteiger partial charge in [-0.25, -0.2) is 4.79 Å². The first-order chi connectivity index (χ1) is 8.45. The molecule has 1 aromatic rings. The Hall–Kier alpha value is -0.780. The van der Waals surface area contributed by atoms with Gasteiger partial charge >= 0.3 is 5.97 Å². The average molecular weight is 354 g/mol. The second-order valence-electron chi connectivity index (χ2n) is 3.28. The summed E-state index contributed by atoms with van der Waals surface area (Å²) in [7, 11) is 0. The number of nitrogens with zero attached hydrogens (tertiary/aromatic N) is 1. The molecule has 0 bridgehead atoms. The van der Waals surface area contributed by atoms with Crippen LogP contribution < -0.4 is 5.43 Å². The third-order valence-corrected chi connectivity index (χ3v) is 3.17. The van der Waals surface area contributed by atoms with Crippen molar-refractivity contribution in [2.45, 2.75) is 13.8 Å². The van der Waals surface area contributed by atoms with Crippen molar-refractivity contribution >= 4 is 56.5 Å². The highest BCUT2D eigenvalue weighted by atomic mass is 79.9. The van der Waals surface area contributed by atoms with Gasteiger partial charge in [-0.2, -0.15) is 5.10 Å². The molecule has 7 heteroatoms. The topological polar surface area (TPSA) is 50.7 Å². The number of nitrogens with one attached hydrogen (secondary N) is 1. The standard InChI is InChI=1S/C11H11BrCl2N2O2/c1-3-18-11(17)6(2)15-16-9-5-7(12)4-8(13)10(9)14/h4-5,16H,3H2,1-2H3. The molecular formula is C11H11BrCl2N2O2. The Labute approximate surface area is 123 Å². The maximum Gasteiger partial charge on any atom is 0.354 e. The molecule has 0 radical (unpaired) electrons. The lowest BCUT2D eigenvalue weighted by molar-refractivity contribution is -0.135. The Kier molecular flexibility index (Phi) is 5.91. The van der Waals surface area contributed by atoms with Crippen molar-refractivity contribution in [1.29, 1.82) is 0 Å². The lowest BCUT2D eigenvalue weighted by Gasteiger charge is -2.07. The van der Waals surface area contributed by atoms with Crippen molar-refractivity contribution in [2.24, 2.45) is 5.10 Å². The first-order valence-electron chi connectivity index (χ1n) is 5.07. The van der Waals surface area contributed by atoms with E-state index < -0.39 is 5.97 Å². The number of carbonyl (C=O) groups excluding carboxylic acids is 1. The number of hydrogen-bond acceptors (Lipinski definition) is 4. The predicted octanol–water partition coefficient (Wildman–Crippen LogP) is 4.11. The summed E-state index contributed by atoms with van der Waals surface area (Å²) >= 11 is 15.2. The number of carbonyl (C=O) groups is 1. The number of hydrogen-bond donors (Lipinski definition) is 1. The van der Waals surface area contributed by atoms with Crippen molar-refractivity contribution in [1.82, 2.24) is 0 Å². The zero-order chi connectivity index (χ0) is 13.7. The van der Waals surface area contributed by atoms with Crippen LogP contribution in [-0.2, 0) is 9.53 Å². The van der Waals surface area contributed by atoms with E-state index in [1.165, 1.54) is 0 Å². The van der Waals surface area contributed by atoms with Gasteiger partial charge in [0.15, 0.2) is 0 Å². The predicted molar refractivity (Wildman–Crippen MR) is 77.5 cm³/mol. The van der Waals surface area contributed by atoms with Gasteiger partial charge in [-0.05, 0) is 26.0 Å². The van der Waals surface area contributed by atoms with Crippen LogP contribution in [-0.4, -0.2) is 18.3 Å². The second-order valence-corrected chi connectivity index (χ2v) is 4.98. The number of halogens is 3. The fourth-order valence-electron chi connectivity index (χ4n) is 1.06. The van der Waals surface area contributed by atoms with Crippen molar-refractivity contribution in [2.75, 3.05) is 12.0 Å². The van der Waals surface area contributed by atoms with Crippen molar-refractivity contribution < 1.29 is 9.53 Å². The van der Waals surface area contributed by atoms with Crippen molar-refractivity contribution in [3.63, 3.8) is 0 Å². The molecule has 0 aliphatic rings. The Morgan fingerprint density at radius 3 is 2.78 bits per heavy atom. The molecule has 0 amide bonds. The molecule has 1 rings (SSSR count). The van der Waals surface area contributed by atoms with E-state index in [-0.39, 0.29) is 5.71 Å². The summed E-state index contributed by atoms with van der Waals surface area (Å²) < 4.78 is 5.54. The van der Waals surface area contributed by atoms with Crippen LogP contribution in [0, 0.1) is 0 Å². The normalized spacial score (nSPS) is 11.3. The van der Waals surface area contributed by atoms with Gasteiger partial charge < -0.3 is 4.74 Å². The number of hydrazone groups is 1. The van der Waals surface area contributed by atoms with E-state index >= 15 is 0 Å². The highest BCUT2D eigenvalue weighted by Gasteiger charge is 2.09. The zero-order valence-corrected chi connectivity index (χ0v) is 12.9. The highest BCUT2D eigenvalue weighted by Crippen LogP contribution is 2.33. The molecule has 0 saturated heterocycles. The van der Waals surface area contributed by atoms with Crippen LogP contribution in [0.3, 0.4) is 0 Å². The minimum Gasteiger partial charge on any atom is -0.461 e. The molecule has 0 fully saturated rings. The van der Waals surface area contributed by atoms with Gasteiger partial charge in [0.25, 0.3) is 0 Å². The van der Waals surface area contributed by atoms with E-state index in [1.807, 2.05) is 0 Å². The average Bonchev–Trinajstić information content (AvgIpc) is 2.31. The molecular weight excluding hydrogens is 343 g/mol. The fourth-order valence-corrected chi connectivity index (χ4v) is 2.02. The first kappa shape index (κ1) is 15.3. The Morgan fingerprint density at radius 1 is 1.50 bits per heavy atom. The summed E-state index contributed by atoms with van der Waals surface area (Å²) in [4.78, 5) is 11.3. The van der Waals surface area contributed by atoms with E-state index in [0.29, 0.717) is 22.3 Å². The maximum atomic E-state index is 11.3. The SMILES string of the molecule is CCOC(=O)C(C)=NNc1cc(Br)cc(Cl)c1Cl. The molecule has 4 nitrogen and oxygen atoms in total. The van der Waals surface area contributed by atoms with Crippen LogP contribution >= 0.6 is 39.1 Å². The summed E-state index contributed by atoms with van der Waals surface area (Å²) in [6.07, 6.45) is 0. The molecule has 18 heavy (non-hydrogen) atoms. The van der Waals surface area contributed by atoms with Gasteiger partial charge in [-0.1, -0.05) is 39.1 Å². The molecule has 1 N–H and O–H groups in total. The molecule has 1 aromatic carbocycles. The number of ether oxygens (including phenoxy) is 1. The second kappa shape index (κ2) is 6.97. The van der Waals surface area contributed by atoms with E-state index in [1.54, 1.807) is 26.0 Å². The Balaban J connectivity index is 2.86. The molecule has 98 valence electrons. The highest BCUT2D eigenvalue weighted by molar-refractivity contribution is 9.10. The fraction of sp³-hybridized carbons (Fsp3) is 0.273. The molecule has 0 spiro atoms. The number of benzene rings is 1. The number of esters is 1. The Bertz CT molecular complexity index is 492. The van der Waals surface area contributed by atoms with E-state index in [2.05, 4.69) is 26.5 Å². The molecule has 0 aliphatic carbocycles. The van der Waals surface area contributed by atoms with Gasteiger partial charge in [0.1, 0.15) is 5.71 Å². The smallest absolute Gasteiger partial charge is 0.354 e. The van der Waals surface area contributed by atoms with E-state index in [0.717, 1.165) is 4.47 Å². The largest absolute Gasteiger partial charge is 0.461 e. The summed E-state index contributed by atoms with van der Waals surface area (Å²) in [5, 5.41) is 4.60. The molecule has 0 atom stereocenters. The molecule has 0 aliphatic heterocycles. The van der Waals surface area contributed by atoms with Crippen LogP contribution in [0.5, 0.6) is 0 Å². The van der Waals surface area contributed by atoms with Gasteiger partial charge in [0.2, 0.25) is 0 Å². The summed E-state index contributed by atoms with van der Waals surface area (Å²) in [6, 6.07) is 3.37. The van der Waals surface area contributed by atoms with Gasteiger partial charge in [0.05, 0.1) is 22.3 Å². The minimum absolute atomic E-state index is 0.198. The third kappa shape index (κ3) is 4.15. The quantitative estimate of drug-likeness (QED) is 0.383. The monoisotopic (exact) mass is 352 g/mol. The van der Waals surface area contributed by atoms with Crippen LogP contribution in [0.15, 0.2) is 21.7 Å². The lowest BCUT2D eigenvalue weighted by atomic mass is 10.3.